The summed E-state index contributed by atoms with van der Waals surface area (Å²) in [4.78, 5) is 19.1. The Kier molecular flexibility index (Phi) is 4.71. The van der Waals surface area contributed by atoms with E-state index in [0.717, 1.165) is 16.9 Å². The Morgan fingerprint density at radius 2 is 1.52 bits per heavy atom. The summed E-state index contributed by atoms with van der Waals surface area (Å²) in [5.74, 6) is 0.242. The summed E-state index contributed by atoms with van der Waals surface area (Å²) >= 11 is 0. The molecule has 0 spiro atoms. The molecule has 1 aliphatic rings. The lowest BCUT2D eigenvalue weighted by atomic mass is 9.83. The smallest absolute Gasteiger partial charge is 0.176 e. The second-order valence-electron chi connectivity index (χ2n) is 6.35. The van der Waals surface area contributed by atoms with Crippen molar-refractivity contribution < 1.29 is 14.4 Å². The molecular formula is C23H19NO3. The Labute approximate surface area is 158 Å². The predicted octanol–water partition coefficient (Wildman–Crippen LogP) is 4.67. The summed E-state index contributed by atoms with van der Waals surface area (Å²) < 4.78 is 5.23. The maximum absolute atomic E-state index is 13.4. The van der Waals surface area contributed by atoms with Crippen LogP contribution >= 0.6 is 0 Å². The Bertz CT molecular complexity index is 950. The molecule has 0 fully saturated rings. The van der Waals surface area contributed by atoms with Gasteiger partial charge in [0.2, 0.25) is 0 Å². The number of ether oxygens (including phenoxy) is 1. The van der Waals surface area contributed by atoms with Crippen molar-refractivity contribution in [3.8, 4) is 5.75 Å². The first-order valence-corrected chi connectivity index (χ1v) is 8.80. The topological polar surface area (TPSA) is 47.9 Å². The zero-order valence-electron chi connectivity index (χ0n) is 14.9. The molecule has 0 aromatic heterocycles. The molecule has 0 saturated carbocycles. The van der Waals surface area contributed by atoms with Gasteiger partial charge in [0.05, 0.1) is 7.11 Å². The van der Waals surface area contributed by atoms with Gasteiger partial charge < -0.3 is 9.57 Å². The third-order valence-corrected chi connectivity index (χ3v) is 4.72. The lowest BCUT2D eigenvalue weighted by molar-refractivity contribution is 0.0533. The Balaban J connectivity index is 1.74. The molecule has 0 bridgehead atoms. The zero-order chi connectivity index (χ0) is 18.6. The molecule has 0 N–H and O–H groups in total. The summed E-state index contributed by atoms with van der Waals surface area (Å²) in [7, 11) is 1.62. The normalized spacial score (nSPS) is 18.5. The molecule has 1 aliphatic heterocycles. The predicted molar refractivity (Wildman–Crippen MR) is 104 cm³/mol. The van der Waals surface area contributed by atoms with E-state index in [1.807, 2.05) is 84.9 Å². The first-order chi connectivity index (χ1) is 13.3. The number of oxime groups is 1. The van der Waals surface area contributed by atoms with Gasteiger partial charge in [-0.15, -0.1) is 0 Å². The van der Waals surface area contributed by atoms with Crippen molar-refractivity contribution in [2.75, 3.05) is 7.11 Å². The maximum atomic E-state index is 13.4. The lowest BCUT2D eigenvalue weighted by Crippen LogP contribution is -2.27. The third-order valence-electron chi connectivity index (χ3n) is 4.72. The SMILES string of the molecule is COc1ccc([C@@H]2ON=C(c3ccccc3)[C@@H]2C(=O)c2ccccc2)cc1. The van der Waals surface area contributed by atoms with Gasteiger partial charge in [-0.1, -0.05) is 78.0 Å². The van der Waals surface area contributed by atoms with E-state index in [9.17, 15) is 4.79 Å². The van der Waals surface area contributed by atoms with Crippen LogP contribution in [0.25, 0.3) is 0 Å². The summed E-state index contributed by atoms with van der Waals surface area (Å²) in [6.07, 6.45) is -0.473. The van der Waals surface area contributed by atoms with Crippen LogP contribution in [0.1, 0.15) is 27.6 Å². The summed E-state index contributed by atoms with van der Waals surface area (Å²) in [6, 6.07) is 26.5. The van der Waals surface area contributed by atoms with Crippen LogP contribution in [-0.4, -0.2) is 18.6 Å². The fraction of sp³-hybridized carbons (Fsp3) is 0.130. The molecule has 3 aromatic rings. The van der Waals surface area contributed by atoms with Gasteiger partial charge in [0.25, 0.3) is 0 Å². The highest BCUT2D eigenvalue weighted by Crippen LogP contribution is 2.37. The van der Waals surface area contributed by atoms with E-state index in [1.54, 1.807) is 7.11 Å². The van der Waals surface area contributed by atoms with Crippen LogP contribution in [0.15, 0.2) is 90.1 Å². The van der Waals surface area contributed by atoms with Gasteiger partial charge in [0.1, 0.15) is 17.4 Å². The Hall–Kier alpha value is -3.40. The monoisotopic (exact) mass is 357 g/mol. The maximum Gasteiger partial charge on any atom is 0.176 e. The van der Waals surface area contributed by atoms with Crippen molar-refractivity contribution in [2.24, 2.45) is 11.1 Å². The van der Waals surface area contributed by atoms with E-state index < -0.39 is 12.0 Å². The number of hydrogen-bond donors (Lipinski definition) is 0. The van der Waals surface area contributed by atoms with Crippen molar-refractivity contribution in [1.82, 2.24) is 0 Å². The number of benzene rings is 3. The minimum Gasteiger partial charge on any atom is -0.497 e. The molecule has 3 aromatic carbocycles. The molecule has 0 radical (unpaired) electrons. The molecule has 4 nitrogen and oxygen atoms in total. The molecule has 4 heteroatoms. The molecular weight excluding hydrogens is 338 g/mol. The van der Waals surface area contributed by atoms with E-state index in [0.29, 0.717) is 11.3 Å². The van der Waals surface area contributed by atoms with Crippen LogP contribution in [0.2, 0.25) is 0 Å². The van der Waals surface area contributed by atoms with Crippen molar-refractivity contribution >= 4 is 11.5 Å². The fourth-order valence-corrected chi connectivity index (χ4v) is 3.31. The van der Waals surface area contributed by atoms with Crippen molar-refractivity contribution in [1.29, 1.82) is 0 Å². The fourth-order valence-electron chi connectivity index (χ4n) is 3.31. The van der Waals surface area contributed by atoms with Crippen molar-refractivity contribution in [3.63, 3.8) is 0 Å². The number of ketones is 1. The third kappa shape index (κ3) is 3.34. The molecule has 0 unspecified atom stereocenters. The largest absolute Gasteiger partial charge is 0.497 e. The van der Waals surface area contributed by atoms with Gasteiger partial charge >= 0.3 is 0 Å². The molecule has 27 heavy (non-hydrogen) atoms. The van der Waals surface area contributed by atoms with E-state index in [2.05, 4.69) is 5.16 Å². The summed E-state index contributed by atoms with van der Waals surface area (Å²) in [5.41, 5.74) is 3.09. The first kappa shape index (κ1) is 17.0. The molecule has 134 valence electrons. The van der Waals surface area contributed by atoms with E-state index in [-0.39, 0.29) is 5.78 Å². The number of Topliss-reactive ketones (excluding diaryl/α,β-unsaturated/α-hetero) is 1. The number of methoxy groups -OCH3 is 1. The zero-order valence-corrected chi connectivity index (χ0v) is 14.9. The summed E-state index contributed by atoms with van der Waals surface area (Å²) in [6.45, 7) is 0. The van der Waals surface area contributed by atoms with Gasteiger partial charge in [-0.05, 0) is 17.7 Å². The highest BCUT2D eigenvalue weighted by molar-refractivity contribution is 6.19. The Morgan fingerprint density at radius 1 is 0.889 bits per heavy atom. The quantitative estimate of drug-likeness (QED) is 0.624. The molecule has 2 atom stereocenters. The summed E-state index contributed by atoms with van der Waals surface area (Å²) in [5, 5.41) is 4.30. The molecule has 0 aliphatic carbocycles. The number of carbonyl (C=O) groups is 1. The highest BCUT2D eigenvalue weighted by atomic mass is 16.6. The molecule has 4 rings (SSSR count). The van der Waals surface area contributed by atoms with E-state index in [1.165, 1.54) is 0 Å². The Morgan fingerprint density at radius 3 is 2.15 bits per heavy atom. The second-order valence-corrected chi connectivity index (χ2v) is 6.35. The molecule has 0 saturated heterocycles. The number of nitrogens with zero attached hydrogens (tertiary/aromatic N) is 1. The molecule has 0 amide bonds. The minimum atomic E-state index is -0.511. The van der Waals surface area contributed by atoms with E-state index >= 15 is 0 Å². The number of carbonyl (C=O) groups excluding carboxylic acids is 1. The van der Waals surface area contributed by atoms with Crippen LogP contribution in [0.5, 0.6) is 5.75 Å². The first-order valence-electron chi connectivity index (χ1n) is 8.80. The van der Waals surface area contributed by atoms with Gasteiger partial charge in [-0.3, -0.25) is 4.79 Å². The highest BCUT2D eigenvalue weighted by Gasteiger charge is 2.41. The van der Waals surface area contributed by atoms with Crippen molar-refractivity contribution in [2.45, 2.75) is 6.10 Å². The second kappa shape index (κ2) is 7.46. The average Bonchev–Trinajstić information content (AvgIpc) is 3.19. The number of rotatable bonds is 5. The van der Waals surface area contributed by atoms with Gasteiger partial charge in [0, 0.05) is 11.1 Å². The van der Waals surface area contributed by atoms with Gasteiger partial charge in [-0.25, -0.2) is 0 Å². The van der Waals surface area contributed by atoms with Crippen molar-refractivity contribution in [3.05, 3.63) is 102 Å². The van der Waals surface area contributed by atoms with Gasteiger partial charge in [0.15, 0.2) is 11.9 Å². The van der Waals surface area contributed by atoms with Crippen LogP contribution < -0.4 is 4.74 Å². The van der Waals surface area contributed by atoms with Gasteiger partial charge in [-0.2, -0.15) is 0 Å². The van der Waals surface area contributed by atoms with Crippen LogP contribution in [0.4, 0.5) is 0 Å². The molecule has 1 heterocycles. The lowest BCUT2D eigenvalue weighted by Gasteiger charge is -2.19. The minimum absolute atomic E-state index is 0.00322. The standard InChI is InChI=1S/C23H19NO3/c1-26-19-14-12-18(13-15-19)23-20(22(25)17-10-6-3-7-11-17)21(24-27-23)16-8-4-2-5-9-16/h2-15,20,23H,1H3/t20-,23+/m1/s1. The van der Waals surface area contributed by atoms with Crippen LogP contribution in [0.3, 0.4) is 0 Å². The van der Waals surface area contributed by atoms with Crippen LogP contribution in [0, 0.1) is 5.92 Å². The number of hydrogen-bond acceptors (Lipinski definition) is 4. The van der Waals surface area contributed by atoms with Crippen LogP contribution in [-0.2, 0) is 4.84 Å². The average molecular weight is 357 g/mol. The van der Waals surface area contributed by atoms with E-state index in [4.69, 9.17) is 9.57 Å².